The lowest BCUT2D eigenvalue weighted by Gasteiger charge is -2.28. The van der Waals surface area contributed by atoms with Gasteiger partial charge < -0.3 is 15.0 Å². The zero-order valence-corrected chi connectivity index (χ0v) is 13.6. The van der Waals surface area contributed by atoms with Gasteiger partial charge in [-0.1, -0.05) is 12.1 Å². The average molecular weight is 353 g/mol. The van der Waals surface area contributed by atoms with E-state index in [2.05, 4.69) is 26.1 Å². The fraction of sp³-hybridized carbons (Fsp3) is 0.562. The monoisotopic (exact) mass is 352 g/mol. The van der Waals surface area contributed by atoms with Crippen molar-refractivity contribution in [2.45, 2.75) is 37.8 Å². The lowest BCUT2D eigenvalue weighted by Crippen LogP contribution is -2.42. The molecule has 21 heavy (non-hydrogen) atoms. The number of nitrogens with zero attached hydrogens (tertiary/aromatic N) is 1. The molecule has 0 saturated carbocycles. The maximum Gasteiger partial charge on any atom is 0.226 e. The zero-order valence-electron chi connectivity index (χ0n) is 12.1. The van der Waals surface area contributed by atoms with Crippen LogP contribution in [0.3, 0.4) is 0 Å². The lowest BCUT2D eigenvalue weighted by atomic mass is 10.1. The summed E-state index contributed by atoms with van der Waals surface area (Å²) in [5.41, 5.74) is 0. The Kier molecular flexibility index (Phi) is 4.80. The van der Waals surface area contributed by atoms with Crippen LogP contribution in [0.25, 0.3) is 0 Å². The van der Waals surface area contributed by atoms with Gasteiger partial charge in [0, 0.05) is 18.6 Å². The van der Waals surface area contributed by atoms with Gasteiger partial charge in [0.1, 0.15) is 5.75 Å². The maximum atomic E-state index is 12.5. The maximum absolute atomic E-state index is 12.5. The Morgan fingerprint density at radius 2 is 2.10 bits per heavy atom. The molecule has 5 heteroatoms. The van der Waals surface area contributed by atoms with E-state index in [-0.39, 0.29) is 5.91 Å². The number of halogens is 1. The predicted octanol–water partition coefficient (Wildman–Crippen LogP) is 2.57. The molecule has 4 nitrogen and oxygen atoms in total. The molecule has 1 aromatic carbocycles. The second-order valence-corrected chi connectivity index (χ2v) is 6.56. The van der Waals surface area contributed by atoms with E-state index in [9.17, 15) is 4.79 Å². The summed E-state index contributed by atoms with van der Waals surface area (Å²) in [7, 11) is 0. The van der Waals surface area contributed by atoms with Crippen LogP contribution in [-0.4, -0.2) is 42.6 Å². The summed E-state index contributed by atoms with van der Waals surface area (Å²) in [6.07, 6.45) is 3.82. The van der Waals surface area contributed by atoms with Crippen molar-refractivity contribution >= 4 is 21.8 Å². The molecule has 0 aromatic heterocycles. The SMILES string of the molecule is O=C(CCOc1ccccc1Br)N1C2CCNCC1CC2. The van der Waals surface area contributed by atoms with E-state index in [1.807, 2.05) is 24.3 Å². The number of para-hydroxylation sites is 1. The highest BCUT2D eigenvalue weighted by Gasteiger charge is 2.37. The van der Waals surface area contributed by atoms with Crippen LogP contribution in [0.15, 0.2) is 28.7 Å². The number of benzene rings is 1. The topological polar surface area (TPSA) is 41.6 Å². The Balaban J connectivity index is 1.53. The molecule has 1 N–H and O–H groups in total. The third kappa shape index (κ3) is 3.40. The van der Waals surface area contributed by atoms with E-state index in [4.69, 9.17) is 4.74 Å². The van der Waals surface area contributed by atoms with E-state index in [1.54, 1.807) is 0 Å². The molecule has 1 aromatic rings. The van der Waals surface area contributed by atoms with Gasteiger partial charge >= 0.3 is 0 Å². The average Bonchev–Trinajstić information content (AvgIpc) is 2.74. The number of carbonyl (C=O) groups is 1. The second kappa shape index (κ2) is 6.79. The van der Waals surface area contributed by atoms with Crippen molar-refractivity contribution in [3.63, 3.8) is 0 Å². The molecule has 0 spiro atoms. The minimum Gasteiger partial charge on any atom is -0.492 e. The van der Waals surface area contributed by atoms with Gasteiger partial charge in [0.15, 0.2) is 0 Å². The molecular formula is C16H21BrN2O2. The molecule has 2 fully saturated rings. The molecule has 2 heterocycles. The van der Waals surface area contributed by atoms with Crippen molar-refractivity contribution in [1.82, 2.24) is 10.2 Å². The molecule has 2 bridgehead atoms. The lowest BCUT2D eigenvalue weighted by molar-refractivity contribution is -0.134. The van der Waals surface area contributed by atoms with Gasteiger partial charge in [-0.2, -0.15) is 0 Å². The molecule has 0 radical (unpaired) electrons. The van der Waals surface area contributed by atoms with Gasteiger partial charge in [-0.25, -0.2) is 0 Å². The summed E-state index contributed by atoms with van der Waals surface area (Å²) in [6.45, 7) is 2.40. The second-order valence-electron chi connectivity index (χ2n) is 5.71. The molecule has 114 valence electrons. The van der Waals surface area contributed by atoms with Crippen molar-refractivity contribution in [2.75, 3.05) is 19.7 Å². The van der Waals surface area contributed by atoms with Crippen LogP contribution in [0.2, 0.25) is 0 Å². The summed E-state index contributed by atoms with van der Waals surface area (Å²) < 4.78 is 6.64. The number of amides is 1. The quantitative estimate of drug-likeness (QED) is 0.905. The van der Waals surface area contributed by atoms with Crippen molar-refractivity contribution in [3.8, 4) is 5.75 Å². The third-order valence-corrected chi connectivity index (χ3v) is 5.01. The number of hydrogen-bond donors (Lipinski definition) is 1. The Morgan fingerprint density at radius 1 is 1.29 bits per heavy atom. The minimum absolute atomic E-state index is 0.234. The molecule has 2 unspecified atom stereocenters. The largest absolute Gasteiger partial charge is 0.492 e. The number of rotatable bonds is 4. The van der Waals surface area contributed by atoms with Crippen molar-refractivity contribution in [3.05, 3.63) is 28.7 Å². The molecule has 2 atom stereocenters. The van der Waals surface area contributed by atoms with E-state index >= 15 is 0 Å². The van der Waals surface area contributed by atoms with Crippen LogP contribution >= 0.6 is 15.9 Å². The van der Waals surface area contributed by atoms with Crippen LogP contribution in [0, 0.1) is 0 Å². The number of hydrogen-bond acceptors (Lipinski definition) is 3. The molecule has 3 rings (SSSR count). The van der Waals surface area contributed by atoms with Gasteiger partial charge in [-0.15, -0.1) is 0 Å². The van der Waals surface area contributed by atoms with Crippen LogP contribution in [0.5, 0.6) is 5.75 Å². The van der Waals surface area contributed by atoms with E-state index < -0.39 is 0 Å². The summed E-state index contributed by atoms with van der Waals surface area (Å²) in [4.78, 5) is 14.6. The first-order valence-electron chi connectivity index (χ1n) is 7.65. The molecule has 2 aliphatic heterocycles. The van der Waals surface area contributed by atoms with Crippen molar-refractivity contribution < 1.29 is 9.53 Å². The van der Waals surface area contributed by atoms with Gasteiger partial charge in [-0.05, 0) is 53.9 Å². The van der Waals surface area contributed by atoms with Crippen molar-refractivity contribution in [1.29, 1.82) is 0 Å². The molecule has 2 saturated heterocycles. The van der Waals surface area contributed by atoms with Gasteiger partial charge in [0.25, 0.3) is 0 Å². The van der Waals surface area contributed by atoms with Crippen LogP contribution in [-0.2, 0) is 4.79 Å². The van der Waals surface area contributed by atoms with Gasteiger partial charge in [0.2, 0.25) is 5.91 Å². The van der Waals surface area contributed by atoms with Crippen LogP contribution < -0.4 is 10.1 Å². The van der Waals surface area contributed by atoms with Gasteiger partial charge in [0.05, 0.1) is 17.5 Å². The molecular weight excluding hydrogens is 332 g/mol. The summed E-state index contributed by atoms with van der Waals surface area (Å²) in [5.74, 6) is 1.03. The zero-order chi connectivity index (χ0) is 14.7. The summed E-state index contributed by atoms with van der Waals surface area (Å²) in [5, 5.41) is 3.42. The summed E-state index contributed by atoms with van der Waals surface area (Å²) >= 11 is 3.45. The highest BCUT2D eigenvalue weighted by Crippen LogP contribution is 2.29. The fourth-order valence-electron chi connectivity index (χ4n) is 3.33. The predicted molar refractivity (Wildman–Crippen MR) is 85.4 cm³/mol. The van der Waals surface area contributed by atoms with E-state index in [0.29, 0.717) is 25.1 Å². The standard InChI is InChI=1S/C16H21BrN2O2/c17-14-3-1-2-4-15(14)21-10-8-16(20)19-12-5-6-13(19)11-18-9-7-12/h1-4,12-13,18H,5-11H2. The smallest absolute Gasteiger partial charge is 0.226 e. The minimum atomic E-state index is 0.234. The fourth-order valence-corrected chi connectivity index (χ4v) is 3.73. The normalized spacial score (nSPS) is 24.7. The first-order chi connectivity index (χ1) is 10.3. The first-order valence-corrected chi connectivity index (χ1v) is 8.44. The highest BCUT2D eigenvalue weighted by molar-refractivity contribution is 9.10. The highest BCUT2D eigenvalue weighted by atomic mass is 79.9. The third-order valence-electron chi connectivity index (χ3n) is 4.35. The van der Waals surface area contributed by atoms with E-state index in [0.717, 1.165) is 42.6 Å². The Hall–Kier alpha value is -1.07. The van der Waals surface area contributed by atoms with Crippen molar-refractivity contribution in [2.24, 2.45) is 0 Å². The van der Waals surface area contributed by atoms with E-state index in [1.165, 1.54) is 0 Å². The Morgan fingerprint density at radius 3 is 2.95 bits per heavy atom. The molecule has 0 aliphatic carbocycles. The van der Waals surface area contributed by atoms with Crippen LogP contribution in [0.4, 0.5) is 0 Å². The van der Waals surface area contributed by atoms with Crippen LogP contribution in [0.1, 0.15) is 25.7 Å². The summed E-state index contributed by atoms with van der Waals surface area (Å²) in [6, 6.07) is 8.55. The number of ether oxygens (including phenoxy) is 1. The van der Waals surface area contributed by atoms with Gasteiger partial charge in [-0.3, -0.25) is 4.79 Å². The first kappa shape index (κ1) is 14.9. The number of fused-ring (bicyclic) bond motifs is 2. The Bertz CT molecular complexity index is 495. The number of nitrogens with one attached hydrogen (secondary N) is 1. The molecule has 1 amide bonds. The molecule has 2 aliphatic rings. The Labute approximate surface area is 134 Å². The number of carbonyl (C=O) groups excluding carboxylic acids is 1.